The summed E-state index contributed by atoms with van der Waals surface area (Å²) >= 11 is 0. The summed E-state index contributed by atoms with van der Waals surface area (Å²) in [5.74, 6) is 1.57. The van der Waals surface area contributed by atoms with E-state index in [4.69, 9.17) is 20.6 Å². The molecule has 3 N–H and O–H groups in total. The molecule has 128 valence electrons. The minimum Gasteiger partial charge on any atom is -0.494 e. The predicted octanol–water partition coefficient (Wildman–Crippen LogP) is 2.56. The maximum Gasteiger partial charge on any atom is 0.129 e. The van der Waals surface area contributed by atoms with E-state index in [-0.39, 0.29) is 7.53 Å². The Kier molecular flexibility index (Phi) is 4.66. The molecule has 24 heavy (non-hydrogen) atoms. The SMILES string of the molecule is CCOc1ccc(N)c(C(=N)c2ccnc(N3CC(OC)C3)c2)c1.[HH]. The number of nitrogen functional groups attached to an aromatic ring is 1. The molecule has 1 saturated heterocycles. The highest BCUT2D eigenvalue weighted by Gasteiger charge is 2.27. The lowest BCUT2D eigenvalue weighted by molar-refractivity contribution is 0.0783. The van der Waals surface area contributed by atoms with Gasteiger partial charge in [0.25, 0.3) is 0 Å². The van der Waals surface area contributed by atoms with Crippen molar-refractivity contribution in [3.8, 4) is 5.75 Å². The first-order chi connectivity index (χ1) is 11.6. The number of ether oxygens (including phenoxy) is 2. The van der Waals surface area contributed by atoms with Crippen LogP contribution in [0.2, 0.25) is 0 Å². The van der Waals surface area contributed by atoms with Crippen molar-refractivity contribution >= 4 is 17.2 Å². The van der Waals surface area contributed by atoms with Crippen LogP contribution in [0.15, 0.2) is 36.5 Å². The molecular formula is C18H24N4O2. The smallest absolute Gasteiger partial charge is 0.129 e. The average Bonchev–Trinajstić information content (AvgIpc) is 2.55. The van der Waals surface area contributed by atoms with E-state index in [0.29, 0.717) is 29.3 Å². The molecule has 3 rings (SSSR count). The zero-order valence-corrected chi connectivity index (χ0v) is 14.0. The molecule has 1 fully saturated rings. The van der Waals surface area contributed by atoms with Crippen LogP contribution in [0.25, 0.3) is 0 Å². The number of hydrogen-bond acceptors (Lipinski definition) is 6. The van der Waals surface area contributed by atoms with Crippen molar-refractivity contribution in [1.82, 2.24) is 4.98 Å². The van der Waals surface area contributed by atoms with E-state index in [9.17, 15) is 0 Å². The standard InChI is InChI=1S/C18H22N4O2.H2/c1-3-24-13-4-5-16(19)15(9-13)18(20)12-6-7-21-17(8-12)22-10-14(11-22)23-2;/h4-9,14,20H,3,10-11,19H2,1-2H3;1H. The molecule has 0 unspecified atom stereocenters. The summed E-state index contributed by atoms with van der Waals surface area (Å²) in [6.45, 7) is 4.15. The predicted molar refractivity (Wildman–Crippen MR) is 97.3 cm³/mol. The number of anilines is 2. The fraction of sp³-hybridized carbons (Fsp3) is 0.333. The van der Waals surface area contributed by atoms with Gasteiger partial charge in [-0.25, -0.2) is 4.98 Å². The van der Waals surface area contributed by atoms with Gasteiger partial charge < -0.3 is 20.1 Å². The first-order valence-electron chi connectivity index (χ1n) is 7.97. The van der Waals surface area contributed by atoms with Crippen molar-refractivity contribution < 1.29 is 10.9 Å². The number of rotatable bonds is 6. The largest absolute Gasteiger partial charge is 0.494 e. The Balaban J connectivity index is 0.00000225. The number of nitrogens with two attached hydrogens (primary N) is 1. The Hall–Kier alpha value is -2.60. The number of nitrogens with one attached hydrogen (secondary N) is 1. The molecule has 0 atom stereocenters. The van der Waals surface area contributed by atoms with Crippen molar-refractivity contribution in [2.24, 2.45) is 0 Å². The van der Waals surface area contributed by atoms with Gasteiger partial charge >= 0.3 is 0 Å². The highest BCUT2D eigenvalue weighted by molar-refractivity contribution is 6.14. The Morgan fingerprint density at radius 2 is 2.17 bits per heavy atom. The first-order valence-corrected chi connectivity index (χ1v) is 7.97. The molecule has 1 aliphatic heterocycles. The zero-order valence-electron chi connectivity index (χ0n) is 14.0. The Bertz CT molecular complexity index is 748. The van der Waals surface area contributed by atoms with Crippen molar-refractivity contribution in [3.05, 3.63) is 47.7 Å². The van der Waals surface area contributed by atoms with Gasteiger partial charge in [-0.3, -0.25) is 5.41 Å². The van der Waals surface area contributed by atoms with Crippen molar-refractivity contribution in [2.45, 2.75) is 13.0 Å². The van der Waals surface area contributed by atoms with Gasteiger partial charge in [0.1, 0.15) is 11.6 Å². The third-order valence-corrected chi connectivity index (χ3v) is 4.14. The lowest BCUT2D eigenvalue weighted by Crippen LogP contribution is -2.52. The van der Waals surface area contributed by atoms with E-state index >= 15 is 0 Å². The number of nitrogens with zero attached hydrogens (tertiary/aromatic N) is 2. The van der Waals surface area contributed by atoms with Crippen molar-refractivity contribution in [1.29, 1.82) is 5.41 Å². The number of methoxy groups -OCH3 is 1. The normalized spacial score (nSPS) is 14.3. The molecular weight excluding hydrogens is 304 g/mol. The molecule has 6 nitrogen and oxygen atoms in total. The molecule has 0 bridgehead atoms. The van der Waals surface area contributed by atoms with E-state index in [1.165, 1.54) is 0 Å². The van der Waals surface area contributed by atoms with Crippen LogP contribution in [0.4, 0.5) is 11.5 Å². The van der Waals surface area contributed by atoms with Crippen molar-refractivity contribution in [2.75, 3.05) is 37.4 Å². The van der Waals surface area contributed by atoms with Crippen LogP contribution in [0.3, 0.4) is 0 Å². The molecule has 2 aromatic rings. The quantitative estimate of drug-likeness (QED) is 0.629. The minimum atomic E-state index is 0. The van der Waals surface area contributed by atoms with Crippen LogP contribution in [-0.2, 0) is 4.74 Å². The first kappa shape index (κ1) is 16.3. The van der Waals surface area contributed by atoms with E-state index in [1.54, 1.807) is 19.4 Å². The summed E-state index contributed by atoms with van der Waals surface area (Å²) in [5, 5.41) is 8.52. The second kappa shape index (κ2) is 6.88. The van der Waals surface area contributed by atoms with Crippen LogP contribution >= 0.6 is 0 Å². The van der Waals surface area contributed by atoms with Crippen LogP contribution in [0.5, 0.6) is 5.75 Å². The average molecular weight is 328 g/mol. The number of hydrogen-bond donors (Lipinski definition) is 2. The maximum atomic E-state index is 8.52. The maximum absolute atomic E-state index is 8.52. The summed E-state index contributed by atoms with van der Waals surface area (Å²) in [4.78, 5) is 6.52. The van der Waals surface area contributed by atoms with Gasteiger partial charge in [0.2, 0.25) is 0 Å². The molecule has 0 amide bonds. The lowest BCUT2D eigenvalue weighted by Gasteiger charge is -2.39. The molecule has 0 radical (unpaired) electrons. The monoisotopic (exact) mass is 328 g/mol. The third kappa shape index (κ3) is 3.19. The number of benzene rings is 1. The zero-order chi connectivity index (χ0) is 17.1. The van der Waals surface area contributed by atoms with E-state index in [0.717, 1.165) is 24.5 Å². The molecule has 1 aromatic heterocycles. The van der Waals surface area contributed by atoms with Gasteiger partial charge in [-0.05, 0) is 37.3 Å². The lowest BCUT2D eigenvalue weighted by atomic mass is 10.0. The van der Waals surface area contributed by atoms with Gasteiger partial charge in [0.15, 0.2) is 0 Å². The van der Waals surface area contributed by atoms with E-state index in [1.807, 2.05) is 31.2 Å². The second-order valence-electron chi connectivity index (χ2n) is 5.72. The van der Waals surface area contributed by atoms with Gasteiger partial charge in [0.05, 0.1) is 18.4 Å². The summed E-state index contributed by atoms with van der Waals surface area (Å²) in [7, 11) is 1.72. The molecule has 1 aromatic carbocycles. The fourth-order valence-corrected chi connectivity index (χ4v) is 2.68. The molecule has 0 spiro atoms. The Morgan fingerprint density at radius 3 is 2.88 bits per heavy atom. The molecule has 0 saturated carbocycles. The van der Waals surface area contributed by atoms with E-state index in [2.05, 4.69) is 9.88 Å². The molecule has 6 heteroatoms. The third-order valence-electron chi connectivity index (χ3n) is 4.14. The number of aromatic nitrogens is 1. The fourth-order valence-electron chi connectivity index (χ4n) is 2.68. The van der Waals surface area contributed by atoms with Crippen LogP contribution in [0.1, 0.15) is 19.5 Å². The van der Waals surface area contributed by atoms with E-state index < -0.39 is 0 Å². The summed E-state index contributed by atoms with van der Waals surface area (Å²) < 4.78 is 10.8. The second-order valence-corrected chi connectivity index (χ2v) is 5.72. The van der Waals surface area contributed by atoms with Gasteiger partial charge in [-0.2, -0.15) is 0 Å². The summed E-state index contributed by atoms with van der Waals surface area (Å²) in [6, 6.07) is 9.15. The van der Waals surface area contributed by atoms with Gasteiger partial charge in [0, 0.05) is 44.6 Å². The Morgan fingerprint density at radius 1 is 1.38 bits per heavy atom. The minimum absolute atomic E-state index is 0. The molecule has 1 aliphatic rings. The highest BCUT2D eigenvalue weighted by Crippen LogP contribution is 2.25. The molecule has 0 aliphatic carbocycles. The van der Waals surface area contributed by atoms with Crippen LogP contribution < -0.4 is 15.4 Å². The summed E-state index contributed by atoms with van der Waals surface area (Å²) in [6.07, 6.45) is 1.98. The highest BCUT2D eigenvalue weighted by atomic mass is 16.5. The number of pyridine rings is 1. The Labute approximate surface area is 143 Å². The van der Waals surface area contributed by atoms with Crippen molar-refractivity contribution in [3.63, 3.8) is 0 Å². The molecule has 2 heterocycles. The topological polar surface area (TPSA) is 84.5 Å². The summed E-state index contributed by atoms with van der Waals surface area (Å²) in [5.41, 5.74) is 8.42. The van der Waals surface area contributed by atoms with Gasteiger partial charge in [-0.15, -0.1) is 0 Å². The van der Waals surface area contributed by atoms with Gasteiger partial charge in [-0.1, -0.05) is 0 Å². The van der Waals surface area contributed by atoms with Crippen LogP contribution in [0, 0.1) is 5.41 Å². The van der Waals surface area contributed by atoms with Crippen LogP contribution in [-0.4, -0.2) is 43.6 Å².